The normalized spacial score (nSPS) is 11.7. The lowest BCUT2D eigenvalue weighted by Crippen LogP contribution is -2.13. The highest BCUT2D eigenvalue weighted by Gasteiger charge is 2.14. The molecule has 0 amide bonds. The van der Waals surface area contributed by atoms with Crippen LogP contribution in [-0.2, 0) is 19.1 Å². The summed E-state index contributed by atoms with van der Waals surface area (Å²) in [5, 5.41) is 0. The quantitative estimate of drug-likeness (QED) is 0.210. The Kier molecular flexibility index (Phi) is 9.00. The molecule has 0 saturated carbocycles. The van der Waals surface area contributed by atoms with Gasteiger partial charge in [-0.2, -0.15) is 8.42 Å². The van der Waals surface area contributed by atoms with Gasteiger partial charge in [0.05, 0.1) is 4.90 Å². The van der Waals surface area contributed by atoms with Crippen LogP contribution in [0, 0.1) is 6.92 Å². The highest BCUT2D eigenvalue weighted by molar-refractivity contribution is 7.86. The number of ether oxygens (including phenoxy) is 1. The number of anilines is 1. The summed E-state index contributed by atoms with van der Waals surface area (Å²) in [6, 6.07) is 21.5. The number of rotatable bonds is 11. The van der Waals surface area contributed by atoms with E-state index in [1.54, 1.807) is 36.4 Å². The van der Waals surface area contributed by atoms with Crippen LogP contribution in [-0.4, -0.2) is 41.5 Å². The predicted molar refractivity (Wildman–Crippen MR) is 140 cm³/mol. The molecule has 0 radical (unpaired) electrons. The summed E-state index contributed by atoms with van der Waals surface area (Å²) in [6.07, 6.45) is 6.54. The highest BCUT2D eigenvalue weighted by Crippen LogP contribution is 2.16. The average molecular weight is 492 g/mol. The Balaban J connectivity index is 1.44. The van der Waals surface area contributed by atoms with E-state index in [1.165, 1.54) is 24.3 Å². The number of nitrogens with zero attached hydrogens (tertiary/aromatic N) is 1. The van der Waals surface area contributed by atoms with Crippen molar-refractivity contribution < 1.29 is 22.1 Å². The molecule has 0 bridgehead atoms. The van der Waals surface area contributed by atoms with Crippen LogP contribution in [0.15, 0.2) is 89.8 Å². The van der Waals surface area contributed by atoms with Gasteiger partial charge in [-0.15, -0.1) is 0 Å². The first-order chi connectivity index (χ1) is 16.7. The molecular weight excluding hydrogens is 462 g/mol. The van der Waals surface area contributed by atoms with E-state index in [0.717, 1.165) is 22.4 Å². The first-order valence-electron chi connectivity index (χ1n) is 11.1. The molecule has 3 rings (SSSR count). The number of hydrogen-bond donors (Lipinski definition) is 0. The Morgan fingerprint density at radius 2 is 1.34 bits per heavy atom. The van der Waals surface area contributed by atoms with Crippen LogP contribution in [0.3, 0.4) is 0 Å². The molecule has 0 heterocycles. The summed E-state index contributed by atoms with van der Waals surface area (Å²) in [6.45, 7) is 1.86. The topological polar surface area (TPSA) is 72.9 Å². The van der Waals surface area contributed by atoms with Gasteiger partial charge in [-0.25, -0.2) is 0 Å². The van der Waals surface area contributed by atoms with Gasteiger partial charge in [0.25, 0.3) is 10.1 Å². The minimum Gasteiger partial charge on any atom is -0.491 e. The van der Waals surface area contributed by atoms with Gasteiger partial charge >= 0.3 is 0 Å². The summed E-state index contributed by atoms with van der Waals surface area (Å²) in [5.74, 6) is 0.458. The van der Waals surface area contributed by atoms with Crippen LogP contribution in [0.2, 0.25) is 0 Å². The fourth-order valence-corrected chi connectivity index (χ4v) is 3.94. The van der Waals surface area contributed by atoms with Gasteiger partial charge in [0.1, 0.15) is 19.0 Å². The van der Waals surface area contributed by atoms with Gasteiger partial charge in [0.2, 0.25) is 0 Å². The van der Waals surface area contributed by atoms with Crippen LogP contribution in [0.5, 0.6) is 5.75 Å². The fraction of sp³-hybridized carbons (Fsp3) is 0.179. The summed E-state index contributed by atoms with van der Waals surface area (Å²) in [7, 11) is 0.147. The third-order valence-electron chi connectivity index (χ3n) is 5.07. The lowest BCUT2D eigenvalue weighted by Gasteiger charge is -2.11. The van der Waals surface area contributed by atoms with Crippen molar-refractivity contribution in [3.05, 3.63) is 102 Å². The molecular formula is C28H29NO5S. The van der Waals surface area contributed by atoms with Crippen LogP contribution in [0.4, 0.5) is 5.69 Å². The summed E-state index contributed by atoms with van der Waals surface area (Å²) in [4.78, 5) is 14.3. The average Bonchev–Trinajstić information content (AvgIpc) is 2.85. The number of carbonyl (C=O) groups is 1. The second kappa shape index (κ2) is 12.1. The minimum absolute atomic E-state index is 0.0824. The number of allylic oxidation sites excluding steroid dienone is 2. The minimum atomic E-state index is -3.81. The Morgan fingerprint density at radius 1 is 0.800 bits per heavy atom. The van der Waals surface area contributed by atoms with E-state index in [9.17, 15) is 13.2 Å². The molecule has 6 nitrogen and oxygen atoms in total. The molecule has 182 valence electrons. The van der Waals surface area contributed by atoms with Crippen molar-refractivity contribution in [2.45, 2.75) is 11.8 Å². The molecule has 0 aliphatic rings. The van der Waals surface area contributed by atoms with Gasteiger partial charge in [0, 0.05) is 19.8 Å². The molecule has 0 aromatic heterocycles. The molecule has 0 atom stereocenters. The third-order valence-corrected chi connectivity index (χ3v) is 6.40. The van der Waals surface area contributed by atoms with Crippen molar-refractivity contribution in [1.82, 2.24) is 0 Å². The third kappa shape index (κ3) is 8.24. The van der Waals surface area contributed by atoms with Crippen molar-refractivity contribution >= 4 is 33.7 Å². The second-order valence-electron chi connectivity index (χ2n) is 8.06. The fourth-order valence-electron chi connectivity index (χ4n) is 3.05. The molecule has 3 aromatic carbocycles. The van der Waals surface area contributed by atoms with E-state index in [2.05, 4.69) is 0 Å². The van der Waals surface area contributed by atoms with Gasteiger partial charge < -0.3 is 9.64 Å². The van der Waals surface area contributed by atoms with E-state index < -0.39 is 10.1 Å². The van der Waals surface area contributed by atoms with Crippen LogP contribution in [0.25, 0.3) is 12.2 Å². The van der Waals surface area contributed by atoms with Crippen molar-refractivity contribution in [3.8, 4) is 5.75 Å². The standard InChI is InChI=1S/C28H29NO5S/c1-22-4-18-28(19-5-22)35(31,32)34-21-20-33-27-16-10-24(11-17-27)9-15-26(30)14-8-23-6-12-25(13-7-23)29(2)3/h4-19H,20-21H2,1-3H3/b14-8+,15-9+. The predicted octanol–water partition coefficient (Wildman–Crippen LogP) is 5.14. The highest BCUT2D eigenvalue weighted by atomic mass is 32.2. The van der Waals surface area contributed by atoms with E-state index in [0.29, 0.717) is 5.75 Å². The maximum absolute atomic E-state index is 12.2. The lowest BCUT2D eigenvalue weighted by molar-refractivity contribution is -0.110. The number of aryl methyl sites for hydroxylation is 1. The van der Waals surface area contributed by atoms with Crippen molar-refractivity contribution in [3.63, 3.8) is 0 Å². The van der Waals surface area contributed by atoms with Crippen molar-refractivity contribution in [2.75, 3.05) is 32.2 Å². The summed E-state index contributed by atoms with van der Waals surface area (Å²) < 4.78 is 34.9. The van der Waals surface area contributed by atoms with Crippen molar-refractivity contribution in [2.24, 2.45) is 0 Å². The number of ketones is 1. The SMILES string of the molecule is Cc1ccc(S(=O)(=O)OCCOc2ccc(/C=C/C(=O)/C=C/c3ccc(N(C)C)cc3)cc2)cc1. The molecule has 0 fully saturated rings. The van der Waals surface area contributed by atoms with E-state index in [1.807, 2.05) is 62.3 Å². The molecule has 35 heavy (non-hydrogen) atoms. The maximum Gasteiger partial charge on any atom is 0.297 e. The monoisotopic (exact) mass is 491 g/mol. The van der Waals surface area contributed by atoms with Crippen LogP contribution < -0.4 is 9.64 Å². The Bertz CT molecular complexity index is 1270. The first-order valence-corrected chi connectivity index (χ1v) is 12.5. The molecule has 0 aliphatic heterocycles. The maximum atomic E-state index is 12.2. The molecule has 0 spiro atoms. The molecule has 0 saturated heterocycles. The zero-order valence-electron chi connectivity index (χ0n) is 20.0. The largest absolute Gasteiger partial charge is 0.491 e. The van der Waals surface area contributed by atoms with Crippen LogP contribution in [0.1, 0.15) is 16.7 Å². The molecule has 0 N–H and O–H groups in total. The number of hydrogen-bond acceptors (Lipinski definition) is 6. The molecule has 0 unspecified atom stereocenters. The number of benzene rings is 3. The Labute approximate surface area is 207 Å². The van der Waals surface area contributed by atoms with Gasteiger partial charge in [-0.1, -0.05) is 54.1 Å². The zero-order chi connectivity index (χ0) is 25.3. The van der Waals surface area contributed by atoms with Gasteiger partial charge in [-0.05, 0) is 66.6 Å². The zero-order valence-corrected chi connectivity index (χ0v) is 20.9. The summed E-state index contributed by atoms with van der Waals surface area (Å²) in [5.41, 5.74) is 3.86. The Morgan fingerprint density at radius 3 is 1.89 bits per heavy atom. The summed E-state index contributed by atoms with van der Waals surface area (Å²) >= 11 is 0. The molecule has 3 aromatic rings. The first kappa shape index (κ1) is 25.9. The molecule has 7 heteroatoms. The van der Waals surface area contributed by atoms with Gasteiger partial charge in [0.15, 0.2) is 5.78 Å². The van der Waals surface area contributed by atoms with E-state index >= 15 is 0 Å². The second-order valence-corrected chi connectivity index (χ2v) is 9.68. The van der Waals surface area contributed by atoms with E-state index in [4.69, 9.17) is 8.92 Å². The smallest absolute Gasteiger partial charge is 0.297 e. The lowest BCUT2D eigenvalue weighted by atomic mass is 10.1. The molecule has 0 aliphatic carbocycles. The Hall–Kier alpha value is -3.68. The van der Waals surface area contributed by atoms with E-state index in [-0.39, 0.29) is 23.9 Å². The number of carbonyl (C=O) groups excluding carboxylic acids is 1. The van der Waals surface area contributed by atoms with Crippen molar-refractivity contribution in [1.29, 1.82) is 0 Å². The van der Waals surface area contributed by atoms with Crippen LogP contribution >= 0.6 is 0 Å². The van der Waals surface area contributed by atoms with Gasteiger partial charge in [-0.3, -0.25) is 8.98 Å².